The molecular formula is C11H14N4. The molecule has 0 amide bonds. The fraction of sp³-hybridized carbons (Fsp3) is 0.455. The summed E-state index contributed by atoms with van der Waals surface area (Å²) in [7, 11) is 1.90. The molecule has 2 N–H and O–H groups in total. The number of hydrogen-bond acceptors (Lipinski definition) is 3. The van der Waals surface area contributed by atoms with E-state index in [0.717, 1.165) is 35.0 Å². The summed E-state index contributed by atoms with van der Waals surface area (Å²) in [6.07, 6.45) is 5.59. The van der Waals surface area contributed by atoms with Crippen molar-refractivity contribution in [1.82, 2.24) is 15.0 Å². The number of H-pyrrole nitrogens is 1. The molecule has 1 fully saturated rings. The Kier molecular flexibility index (Phi) is 1.87. The van der Waals surface area contributed by atoms with Crippen molar-refractivity contribution in [3.63, 3.8) is 0 Å². The van der Waals surface area contributed by atoms with Gasteiger partial charge in [0, 0.05) is 19.7 Å². The van der Waals surface area contributed by atoms with Crippen molar-refractivity contribution in [2.45, 2.75) is 19.3 Å². The van der Waals surface area contributed by atoms with Crippen molar-refractivity contribution in [1.29, 1.82) is 0 Å². The second-order valence-corrected chi connectivity index (χ2v) is 4.13. The van der Waals surface area contributed by atoms with Gasteiger partial charge in [0.15, 0.2) is 0 Å². The lowest BCUT2D eigenvalue weighted by atomic mass is 10.2. The van der Waals surface area contributed by atoms with E-state index in [0.29, 0.717) is 0 Å². The van der Waals surface area contributed by atoms with Crippen molar-refractivity contribution in [3.8, 4) is 0 Å². The Morgan fingerprint density at radius 2 is 2.33 bits per heavy atom. The zero-order valence-electron chi connectivity index (χ0n) is 8.75. The molecule has 4 nitrogen and oxygen atoms in total. The van der Waals surface area contributed by atoms with Gasteiger partial charge in [0.1, 0.15) is 17.3 Å². The summed E-state index contributed by atoms with van der Waals surface area (Å²) in [6, 6.07) is 2.00. The van der Waals surface area contributed by atoms with Crippen LogP contribution in [-0.4, -0.2) is 22.0 Å². The number of aromatic nitrogens is 3. The van der Waals surface area contributed by atoms with Gasteiger partial charge in [-0.05, 0) is 24.8 Å². The lowest BCUT2D eigenvalue weighted by Gasteiger charge is -2.04. The third-order valence-electron chi connectivity index (χ3n) is 2.87. The number of hydrogen-bond donors (Lipinski definition) is 2. The summed E-state index contributed by atoms with van der Waals surface area (Å²) in [5.41, 5.74) is 0.935. The molecule has 0 bridgehead atoms. The van der Waals surface area contributed by atoms with E-state index in [2.05, 4.69) is 20.3 Å². The van der Waals surface area contributed by atoms with Crippen LogP contribution in [0.15, 0.2) is 12.3 Å². The summed E-state index contributed by atoms with van der Waals surface area (Å²) in [6.45, 7) is 0. The highest BCUT2D eigenvalue weighted by Gasteiger charge is 2.23. The van der Waals surface area contributed by atoms with Gasteiger partial charge in [0.05, 0.1) is 5.39 Å². The van der Waals surface area contributed by atoms with Gasteiger partial charge in [-0.3, -0.25) is 0 Å². The van der Waals surface area contributed by atoms with E-state index >= 15 is 0 Å². The summed E-state index contributed by atoms with van der Waals surface area (Å²) in [5.74, 6) is 2.70. The standard InChI is InChI=1S/C11H14N4/c1-12-10-8-4-5-13-11(8)15-9(14-10)6-7-2-3-7/h4-5,7H,2-3,6H2,1H3,(H2,12,13,14,15). The first-order valence-corrected chi connectivity index (χ1v) is 5.38. The molecule has 0 spiro atoms. The van der Waals surface area contributed by atoms with Crippen LogP contribution in [0, 0.1) is 5.92 Å². The summed E-state index contributed by atoms with van der Waals surface area (Å²) in [5, 5.41) is 4.19. The molecular weight excluding hydrogens is 188 g/mol. The Labute approximate surface area is 88.1 Å². The molecule has 0 saturated heterocycles. The molecule has 2 heterocycles. The summed E-state index contributed by atoms with van der Waals surface area (Å²) in [4.78, 5) is 12.2. The molecule has 15 heavy (non-hydrogen) atoms. The van der Waals surface area contributed by atoms with E-state index in [9.17, 15) is 0 Å². The van der Waals surface area contributed by atoms with Gasteiger partial charge in [0.25, 0.3) is 0 Å². The monoisotopic (exact) mass is 202 g/mol. The van der Waals surface area contributed by atoms with Crippen LogP contribution < -0.4 is 5.32 Å². The molecule has 78 valence electrons. The fourth-order valence-corrected chi connectivity index (χ4v) is 1.85. The number of aromatic amines is 1. The number of rotatable bonds is 3. The molecule has 0 unspecified atom stereocenters. The van der Waals surface area contributed by atoms with Crippen LogP contribution in [0.3, 0.4) is 0 Å². The minimum atomic E-state index is 0.821. The predicted octanol–water partition coefficient (Wildman–Crippen LogP) is 1.95. The van der Waals surface area contributed by atoms with Crippen LogP contribution >= 0.6 is 0 Å². The molecule has 0 aliphatic heterocycles. The molecule has 2 aromatic heterocycles. The van der Waals surface area contributed by atoms with Gasteiger partial charge in [-0.2, -0.15) is 0 Å². The SMILES string of the molecule is CNc1nc(CC2CC2)nc2[nH]ccc12. The van der Waals surface area contributed by atoms with Crippen LogP contribution in [0.1, 0.15) is 18.7 Å². The predicted molar refractivity (Wildman–Crippen MR) is 59.9 cm³/mol. The Hall–Kier alpha value is -1.58. The maximum absolute atomic E-state index is 4.53. The first-order valence-electron chi connectivity index (χ1n) is 5.38. The van der Waals surface area contributed by atoms with Crippen molar-refractivity contribution in [2.75, 3.05) is 12.4 Å². The van der Waals surface area contributed by atoms with Crippen LogP contribution in [0.4, 0.5) is 5.82 Å². The molecule has 0 atom stereocenters. The van der Waals surface area contributed by atoms with Gasteiger partial charge in [-0.15, -0.1) is 0 Å². The first-order chi connectivity index (χ1) is 7.36. The van der Waals surface area contributed by atoms with Crippen LogP contribution in [0.2, 0.25) is 0 Å². The Bertz CT molecular complexity index is 484. The van der Waals surface area contributed by atoms with E-state index < -0.39 is 0 Å². The molecule has 0 radical (unpaired) electrons. The second-order valence-electron chi connectivity index (χ2n) is 4.13. The van der Waals surface area contributed by atoms with Gasteiger partial charge in [0.2, 0.25) is 0 Å². The van der Waals surface area contributed by atoms with E-state index in [1.165, 1.54) is 12.8 Å². The molecule has 0 aromatic carbocycles. The number of nitrogens with zero attached hydrogens (tertiary/aromatic N) is 2. The normalized spacial score (nSPS) is 15.8. The Morgan fingerprint density at radius 3 is 3.07 bits per heavy atom. The average molecular weight is 202 g/mol. The molecule has 2 aromatic rings. The average Bonchev–Trinajstić information content (AvgIpc) is 2.93. The summed E-state index contributed by atoms with van der Waals surface area (Å²) >= 11 is 0. The van der Waals surface area contributed by atoms with Crippen molar-refractivity contribution in [3.05, 3.63) is 18.1 Å². The van der Waals surface area contributed by atoms with E-state index in [1.54, 1.807) is 0 Å². The topological polar surface area (TPSA) is 53.6 Å². The largest absolute Gasteiger partial charge is 0.372 e. The highest BCUT2D eigenvalue weighted by molar-refractivity contribution is 5.86. The number of nitrogens with one attached hydrogen (secondary N) is 2. The van der Waals surface area contributed by atoms with Crippen molar-refractivity contribution >= 4 is 16.9 Å². The van der Waals surface area contributed by atoms with E-state index in [-0.39, 0.29) is 0 Å². The highest BCUT2D eigenvalue weighted by Crippen LogP contribution is 2.32. The smallest absolute Gasteiger partial charge is 0.143 e. The minimum Gasteiger partial charge on any atom is -0.372 e. The fourth-order valence-electron chi connectivity index (χ4n) is 1.85. The number of fused-ring (bicyclic) bond motifs is 1. The second kappa shape index (κ2) is 3.22. The third kappa shape index (κ3) is 1.56. The van der Waals surface area contributed by atoms with E-state index in [1.807, 2.05) is 19.3 Å². The molecule has 4 heteroatoms. The summed E-state index contributed by atoms with van der Waals surface area (Å²) < 4.78 is 0. The molecule has 3 rings (SSSR count). The zero-order valence-corrected chi connectivity index (χ0v) is 8.75. The maximum Gasteiger partial charge on any atom is 0.143 e. The van der Waals surface area contributed by atoms with Crippen LogP contribution in [0.5, 0.6) is 0 Å². The first kappa shape index (κ1) is 8.71. The zero-order chi connectivity index (χ0) is 10.3. The van der Waals surface area contributed by atoms with Gasteiger partial charge >= 0.3 is 0 Å². The van der Waals surface area contributed by atoms with Gasteiger partial charge in [-0.1, -0.05) is 0 Å². The number of anilines is 1. The third-order valence-corrected chi connectivity index (χ3v) is 2.87. The highest BCUT2D eigenvalue weighted by atomic mass is 15.0. The maximum atomic E-state index is 4.53. The molecule has 1 aliphatic carbocycles. The van der Waals surface area contributed by atoms with Crippen molar-refractivity contribution < 1.29 is 0 Å². The van der Waals surface area contributed by atoms with Crippen LogP contribution in [-0.2, 0) is 6.42 Å². The Balaban J connectivity index is 2.06. The molecule has 1 saturated carbocycles. The van der Waals surface area contributed by atoms with Gasteiger partial charge in [-0.25, -0.2) is 9.97 Å². The van der Waals surface area contributed by atoms with Crippen molar-refractivity contribution in [2.24, 2.45) is 5.92 Å². The Morgan fingerprint density at radius 1 is 1.47 bits per heavy atom. The van der Waals surface area contributed by atoms with Crippen LogP contribution in [0.25, 0.3) is 11.0 Å². The lowest BCUT2D eigenvalue weighted by molar-refractivity contribution is 0.776. The quantitative estimate of drug-likeness (QED) is 0.799. The van der Waals surface area contributed by atoms with E-state index in [4.69, 9.17) is 0 Å². The minimum absolute atomic E-state index is 0.821. The lowest BCUT2D eigenvalue weighted by Crippen LogP contribution is -2.01. The van der Waals surface area contributed by atoms with Gasteiger partial charge < -0.3 is 10.3 Å². The molecule has 1 aliphatic rings.